The summed E-state index contributed by atoms with van der Waals surface area (Å²) in [6.45, 7) is 3.70. The second-order valence-electron chi connectivity index (χ2n) is 6.34. The molecule has 8 heteroatoms. The van der Waals surface area contributed by atoms with Crippen LogP contribution in [0.25, 0.3) is 11.3 Å². The number of rotatable bonds is 5. The molecule has 0 aliphatic carbocycles. The molecule has 28 heavy (non-hydrogen) atoms. The standard InChI is InChI=1S/C20H20N4O2S2/c1-3-4-11-28-20-21-18-17(22-23-20)14-8-5-6-9-15(14)24(13(2)25)19(26-18)16-10-7-12-27-16/h5-10,12,19H,3-4,11H2,1-2H3/t19-/m0/s1. The third-order valence-electron chi connectivity index (χ3n) is 4.37. The number of benzene rings is 1. The van der Waals surface area contributed by atoms with Crippen LogP contribution < -0.4 is 9.64 Å². The van der Waals surface area contributed by atoms with Crippen molar-refractivity contribution in [1.29, 1.82) is 0 Å². The molecule has 0 bridgehead atoms. The van der Waals surface area contributed by atoms with Gasteiger partial charge in [-0.2, -0.15) is 4.98 Å². The van der Waals surface area contributed by atoms with Crippen molar-refractivity contribution < 1.29 is 9.53 Å². The first-order valence-corrected chi connectivity index (χ1v) is 11.0. The van der Waals surface area contributed by atoms with E-state index in [2.05, 4.69) is 22.1 Å². The molecule has 4 rings (SSSR count). The normalized spacial score (nSPS) is 15.4. The van der Waals surface area contributed by atoms with Crippen LogP contribution in [0, 0.1) is 0 Å². The van der Waals surface area contributed by atoms with Gasteiger partial charge in [0.2, 0.25) is 23.2 Å². The Morgan fingerprint density at radius 1 is 1.25 bits per heavy atom. The Labute approximate surface area is 172 Å². The first-order valence-electron chi connectivity index (χ1n) is 9.15. The maximum Gasteiger partial charge on any atom is 0.247 e. The number of carbonyl (C=O) groups excluding carboxylic acids is 1. The van der Waals surface area contributed by atoms with E-state index in [-0.39, 0.29) is 5.91 Å². The van der Waals surface area contributed by atoms with Gasteiger partial charge in [-0.1, -0.05) is 49.4 Å². The summed E-state index contributed by atoms with van der Waals surface area (Å²) >= 11 is 3.11. The number of fused-ring (bicyclic) bond motifs is 3. The highest BCUT2D eigenvalue weighted by Crippen LogP contribution is 2.43. The second kappa shape index (κ2) is 8.28. The molecule has 144 valence electrons. The SMILES string of the molecule is CCCCSc1nnc2c(n1)O[C@@H](c1cccs1)N(C(C)=O)c1ccccc1-2. The molecular weight excluding hydrogens is 392 g/mol. The molecule has 0 N–H and O–H groups in total. The molecule has 0 unspecified atom stereocenters. The number of carbonyl (C=O) groups is 1. The van der Waals surface area contributed by atoms with Gasteiger partial charge in [0.1, 0.15) is 0 Å². The molecule has 1 atom stereocenters. The first kappa shape index (κ1) is 18.9. The maximum absolute atomic E-state index is 12.6. The Morgan fingerprint density at radius 3 is 2.86 bits per heavy atom. The topological polar surface area (TPSA) is 68.2 Å². The van der Waals surface area contributed by atoms with Crippen LogP contribution in [-0.4, -0.2) is 26.8 Å². The van der Waals surface area contributed by atoms with Crippen LogP contribution >= 0.6 is 23.1 Å². The highest BCUT2D eigenvalue weighted by atomic mass is 32.2. The molecule has 0 radical (unpaired) electrons. The summed E-state index contributed by atoms with van der Waals surface area (Å²) in [5, 5.41) is 11.3. The van der Waals surface area contributed by atoms with Gasteiger partial charge in [0.25, 0.3) is 0 Å². The van der Waals surface area contributed by atoms with Gasteiger partial charge in [0.15, 0.2) is 5.69 Å². The summed E-state index contributed by atoms with van der Waals surface area (Å²) in [4.78, 5) is 19.8. The van der Waals surface area contributed by atoms with Crippen molar-refractivity contribution in [3.05, 3.63) is 46.7 Å². The third-order valence-corrected chi connectivity index (χ3v) is 6.19. The molecule has 0 spiro atoms. The summed E-state index contributed by atoms with van der Waals surface area (Å²) in [5.74, 6) is 1.23. The largest absolute Gasteiger partial charge is 0.446 e. The average molecular weight is 413 g/mol. The number of hydrogen-bond acceptors (Lipinski definition) is 7. The van der Waals surface area contributed by atoms with E-state index in [1.807, 2.05) is 41.8 Å². The molecule has 0 fully saturated rings. The second-order valence-corrected chi connectivity index (χ2v) is 8.38. The molecule has 3 aromatic rings. The van der Waals surface area contributed by atoms with Gasteiger partial charge >= 0.3 is 0 Å². The monoisotopic (exact) mass is 412 g/mol. The molecule has 1 aromatic carbocycles. The summed E-state index contributed by atoms with van der Waals surface area (Å²) < 4.78 is 6.29. The lowest BCUT2D eigenvalue weighted by Gasteiger charge is -2.28. The lowest BCUT2D eigenvalue weighted by molar-refractivity contribution is -0.118. The number of nitrogens with zero attached hydrogens (tertiary/aromatic N) is 4. The zero-order valence-corrected chi connectivity index (χ0v) is 17.3. The van der Waals surface area contributed by atoms with Crippen LogP contribution in [0.4, 0.5) is 5.69 Å². The van der Waals surface area contributed by atoms with E-state index in [0.717, 1.165) is 34.7 Å². The first-order chi connectivity index (χ1) is 13.7. The van der Waals surface area contributed by atoms with Crippen molar-refractivity contribution >= 4 is 34.7 Å². The van der Waals surface area contributed by atoms with Crippen molar-refractivity contribution in [2.75, 3.05) is 10.7 Å². The van der Waals surface area contributed by atoms with E-state index in [9.17, 15) is 4.79 Å². The van der Waals surface area contributed by atoms with E-state index >= 15 is 0 Å². The van der Waals surface area contributed by atoms with Gasteiger partial charge in [-0.25, -0.2) is 0 Å². The number of unbranched alkanes of at least 4 members (excludes halogenated alkanes) is 1. The van der Waals surface area contributed by atoms with Gasteiger partial charge in [-0.15, -0.1) is 21.5 Å². The molecule has 3 heterocycles. The third kappa shape index (κ3) is 3.62. The Balaban J connectivity index is 1.83. The number of ether oxygens (including phenoxy) is 1. The van der Waals surface area contributed by atoms with Crippen LogP contribution in [0.1, 0.15) is 37.8 Å². The fraction of sp³-hybridized carbons (Fsp3) is 0.300. The summed E-state index contributed by atoms with van der Waals surface area (Å²) in [6.07, 6.45) is 1.61. The number of anilines is 1. The zero-order valence-electron chi connectivity index (χ0n) is 15.7. The van der Waals surface area contributed by atoms with Gasteiger partial charge < -0.3 is 4.74 Å². The Kier molecular flexibility index (Phi) is 5.59. The quantitative estimate of drug-likeness (QED) is 0.437. The fourth-order valence-electron chi connectivity index (χ4n) is 3.04. The summed E-state index contributed by atoms with van der Waals surface area (Å²) in [5.41, 5.74) is 2.09. The minimum Gasteiger partial charge on any atom is -0.446 e. The Bertz CT molecular complexity index is 978. The smallest absolute Gasteiger partial charge is 0.247 e. The molecule has 1 aliphatic rings. The predicted octanol–water partition coefficient (Wildman–Crippen LogP) is 4.94. The van der Waals surface area contributed by atoms with Gasteiger partial charge in [-0.3, -0.25) is 9.69 Å². The van der Waals surface area contributed by atoms with E-state index in [0.29, 0.717) is 16.7 Å². The predicted molar refractivity (Wildman–Crippen MR) is 112 cm³/mol. The molecule has 0 saturated carbocycles. The van der Waals surface area contributed by atoms with Crippen molar-refractivity contribution in [3.63, 3.8) is 0 Å². The molecule has 6 nitrogen and oxygen atoms in total. The number of hydrogen-bond donors (Lipinski definition) is 0. The molecule has 2 aromatic heterocycles. The van der Waals surface area contributed by atoms with E-state index < -0.39 is 6.23 Å². The van der Waals surface area contributed by atoms with Crippen LogP contribution in [-0.2, 0) is 4.79 Å². The highest BCUT2D eigenvalue weighted by Gasteiger charge is 2.34. The Hall–Kier alpha value is -2.45. The van der Waals surface area contributed by atoms with Crippen LogP contribution in [0.3, 0.4) is 0 Å². The zero-order chi connectivity index (χ0) is 19.5. The van der Waals surface area contributed by atoms with E-state index in [1.54, 1.807) is 34.9 Å². The number of thioether (sulfide) groups is 1. The lowest BCUT2D eigenvalue weighted by Crippen LogP contribution is -2.35. The number of aromatic nitrogens is 3. The molecule has 1 aliphatic heterocycles. The van der Waals surface area contributed by atoms with Gasteiger partial charge in [-0.05, 0) is 23.9 Å². The van der Waals surface area contributed by atoms with Crippen molar-refractivity contribution in [1.82, 2.24) is 15.2 Å². The number of thiophene rings is 1. The van der Waals surface area contributed by atoms with E-state index in [4.69, 9.17) is 4.74 Å². The molecular formula is C20H20N4O2S2. The van der Waals surface area contributed by atoms with Crippen molar-refractivity contribution in [2.45, 2.75) is 38.1 Å². The molecule has 1 amide bonds. The number of amides is 1. The Morgan fingerprint density at radius 2 is 2.11 bits per heavy atom. The number of para-hydroxylation sites is 1. The highest BCUT2D eigenvalue weighted by molar-refractivity contribution is 7.99. The summed E-state index contributed by atoms with van der Waals surface area (Å²) in [6, 6.07) is 11.6. The molecule has 0 saturated heterocycles. The van der Waals surface area contributed by atoms with Crippen molar-refractivity contribution in [2.24, 2.45) is 0 Å². The minimum absolute atomic E-state index is 0.107. The lowest BCUT2D eigenvalue weighted by atomic mass is 10.1. The van der Waals surface area contributed by atoms with Gasteiger partial charge in [0.05, 0.1) is 10.6 Å². The van der Waals surface area contributed by atoms with Crippen LogP contribution in [0.2, 0.25) is 0 Å². The maximum atomic E-state index is 12.6. The van der Waals surface area contributed by atoms with Crippen LogP contribution in [0.15, 0.2) is 46.9 Å². The average Bonchev–Trinajstić information content (AvgIpc) is 3.18. The summed E-state index contributed by atoms with van der Waals surface area (Å²) in [7, 11) is 0. The van der Waals surface area contributed by atoms with Crippen molar-refractivity contribution in [3.8, 4) is 17.1 Å². The van der Waals surface area contributed by atoms with Crippen LogP contribution in [0.5, 0.6) is 5.88 Å². The fourth-order valence-corrected chi connectivity index (χ4v) is 4.64. The van der Waals surface area contributed by atoms with Gasteiger partial charge in [0, 0.05) is 18.2 Å². The van der Waals surface area contributed by atoms with E-state index in [1.165, 1.54) is 0 Å². The minimum atomic E-state index is -0.593.